The molecule has 2 unspecified atom stereocenters. The van der Waals surface area contributed by atoms with Crippen molar-refractivity contribution < 1.29 is 9.18 Å². The van der Waals surface area contributed by atoms with Gasteiger partial charge in [0.05, 0.1) is 11.7 Å². The van der Waals surface area contributed by atoms with Gasteiger partial charge in [0, 0.05) is 12.7 Å². The number of fused-ring (bicyclic) bond motifs is 1. The van der Waals surface area contributed by atoms with Crippen LogP contribution in [0.1, 0.15) is 37.5 Å². The lowest BCUT2D eigenvalue weighted by atomic mass is 9.94. The molecule has 2 atom stereocenters. The summed E-state index contributed by atoms with van der Waals surface area (Å²) in [4.78, 5) is 18.5. The Hall–Kier alpha value is -2.63. The van der Waals surface area contributed by atoms with E-state index in [-0.39, 0.29) is 11.9 Å². The van der Waals surface area contributed by atoms with Crippen LogP contribution in [0.15, 0.2) is 41.2 Å². The van der Waals surface area contributed by atoms with E-state index in [1.165, 1.54) is 0 Å². The largest absolute Gasteiger partial charge is 0.378 e. The second-order valence-corrected chi connectivity index (χ2v) is 7.02. The van der Waals surface area contributed by atoms with E-state index < -0.39 is 11.4 Å². The highest BCUT2D eigenvalue weighted by Crippen LogP contribution is 2.32. The molecule has 0 spiro atoms. The first kappa shape index (κ1) is 18.2. The third-order valence-electron chi connectivity index (χ3n) is 5.43. The predicted molar refractivity (Wildman–Crippen MR) is 101 cm³/mol. The van der Waals surface area contributed by atoms with Crippen LogP contribution >= 0.6 is 0 Å². The molecule has 0 saturated heterocycles. The van der Waals surface area contributed by atoms with E-state index in [1.54, 1.807) is 19.1 Å². The maximum absolute atomic E-state index is 13.7. The highest BCUT2D eigenvalue weighted by molar-refractivity contribution is 6.05. The number of nitrogens with two attached hydrogens (primary N) is 1. The number of nitrogens with zero attached hydrogens (tertiary/aromatic N) is 2. The molecule has 0 radical (unpaired) electrons. The lowest BCUT2D eigenvalue weighted by molar-refractivity contribution is -0.123. The Morgan fingerprint density at radius 1 is 1.46 bits per heavy atom. The second-order valence-electron chi connectivity index (χ2n) is 7.02. The van der Waals surface area contributed by atoms with Crippen molar-refractivity contribution in [3.05, 3.63) is 58.7 Å². The highest BCUT2D eigenvalue weighted by atomic mass is 19.1. The van der Waals surface area contributed by atoms with Crippen molar-refractivity contribution in [1.29, 1.82) is 0 Å². The van der Waals surface area contributed by atoms with Gasteiger partial charge in [-0.25, -0.2) is 9.38 Å². The lowest BCUT2D eigenvalue weighted by Crippen LogP contribution is -2.50. The van der Waals surface area contributed by atoms with E-state index in [0.29, 0.717) is 12.4 Å². The normalized spacial score (nSPS) is 24.2. The molecule has 0 aromatic heterocycles. The molecule has 2 aliphatic heterocycles. The molecule has 5 nitrogen and oxygen atoms in total. The summed E-state index contributed by atoms with van der Waals surface area (Å²) in [6.45, 7) is 8.19. The molecule has 1 aromatic carbocycles. The van der Waals surface area contributed by atoms with Gasteiger partial charge in [-0.3, -0.25) is 4.79 Å². The molecular formula is C20H25FN4O. The Morgan fingerprint density at radius 2 is 2.19 bits per heavy atom. The fourth-order valence-corrected chi connectivity index (χ4v) is 3.52. The van der Waals surface area contributed by atoms with E-state index in [2.05, 4.69) is 10.3 Å². The van der Waals surface area contributed by atoms with Crippen LogP contribution in [0.5, 0.6) is 0 Å². The van der Waals surface area contributed by atoms with Crippen LogP contribution in [-0.4, -0.2) is 28.2 Å². The molecule has 6 heteroatoms. The van der Waals surface area contributed by atoms with Crippen LogP contribution in [-0.2, 0) is 17.8 Å². The van der Waals surface area contributed by atoms with E-state index in [9.17, 15) is 9.18 Å². The molecule has 2 aliphatic rings. The van der Waals surface area contributed by atoms with E-state index in [1.807, 2.05) is 44.0 Å². The number of carbonyl (C=O) groups is 1. The van der Waals surface area contributed by atoms with Crippen LogP contribution < -0.4 is 11.1 Å². The minimum atomic E-state index is -0.967. The standard InChI is InChI=1S/C20H25FN4O/c1-5-14-10-15(21)9-12(2)16(14)11-23-17-7-6-8-25-13(3)20(4,19(22)26)24-18(17)25/h6-10,13,23H,5,11H2,1-4H3,(H2,22,26). The van der Waals surface area contributed by atoms with Crippen molar-refractivity contribution in [3.8, 4) is 0 Å². The fraction of sp³-hybridized carbons (Fsp3) is 0.400. The summed E-state index contributed by atoms with van der Waals surface area (Å²) < 4.78 is 13.7. The number of carbonyl (C=O) groups excluding carboxylic acids is 1. The molecule has 138 valence electrons. The summed E-state index contributed by atoms with van der Waals surface area (Å²) in [5, 5.41) is 3.40. The minimum absolute atomic E-state index is 0.157. The lowest BCUT2D eigenvalue weighted by Gasteiger charge is -2.30. The van der Waals surface area contributed by atoms with Gasteiger partial charge in [0.15, 0.2) is 11.4 Å². The molecule has 0 aliphatic carbocycles. The topological polar surface area (TPSA) is 70.7 Å². The van der Waals surface area contributed by atoms with Crippen molar-refractivity contribution >= 4 is 11.7 Å². The fourth-order valence-electron chi connectivity index (χ4n) is 3.52. The van der Waals surface area contributed by atoms with E-state index in [4.69, 9.17) is 5.73 Å². The number of hydrogen-bond acceptors (Lipinski definition) is 4. The van der Waals surface area contributed by atoms with E-state index in [0.717, 1.165) is 28.8 Å². The number of amidine groups is 1. The van der Waals surface area contributed by atoms with Crippen LogP contribution in [0.3, 0.4) is 0 Å². The molecular weight excluding hydrogens is 331 g/mol. The predicted octanol–water partition coefficient (Wildman–Crippen LogP) is 2.54. The average molecular weight is 356 g/mol. The van der Waals surface area contributed by atoms with Crippen molar-refractivity contribution in [3.63, 3.8) is 0 Å². The molecule has 0 fully saturated rings. The summed E-state index contributed by atoms with van der Waals surface area (Å²) in [6.07, 6.45) is 6.52. The molecule has 26 heavy (non-hydrogen) atoms. The zero-order chi connectivity index (χ0) is 19.1. The molecule has 3 rings (SSSR count). The Morgan fingerprint density at radius 3 is 2.85 bits per heavy atom. The summed E-state index contributed by atoms with van der Waals surface area (Å²) in [5.41, 5.74) is 8.44. The number of aliphatic imine (C=N–C) groups is 1. The number of benzene rings is 1. The number of halogens is 1. The number of amides is 1. The molecule has 1 aromatic rings. The second kappa shape index (κ2) is 6.59. The van der Waals surface area contributed by atoms with Crippen molar-refractivity contribution in [2.24, 2.45) is 10.7 Å². The van der Waals surface area contributed by atoms with Gasteiger partial charge in [0.1, 0.15) is 5.82 Å². The van der Waals surface area contributed by atoms with Gasteiger partial charge < -0.3 is 16.0 Å². The maximum Gasteiger partial charge on any atom is 0.247 e. The first-order chi connectivity index (χ1) is 12.3. The Balaban J connectivity index is 1.87. The Labute approximate surface area is 153 Å². The van der Waals surface area contributed by atoms with Gasteiger partial charge in [-0.15, -0.1) is 0 Å². The van der Waals surface area contributed by atoms with Gasteiger partial charge in [0.2, 0.25) is 5.91 Å². The SMILES string of the molecule is CCc1cc(F)cc(C)c1CNC1=CC=CN2C1=NC(C)(C(N)=O)C2C. The summed E-state index contributed by atoms with van der Waals surface area (Å²) in [7, 11) is 0. The smallest absolute Gasteiger partial charge is 0.247 e. The van der Waals surface area contributed by atoms with Gasteiger partial charge >= 0.3 is 0 Å². The number of hydrogen-bond donors (Lipinski definition) is 2. The monoisotopic (exact) mass is 356 g/mol. The number of nitrogens with one attached hydrogen (secondary N) is 1. The average Bonchev–Trinajstić information content (AvgIpc) is 2.86. The summed E-state index contributed by atoms with van der Waals surface area (Å²) >= 11 is 0. The van der Waals surface area contributed by atoms with E-state index >= 15 is 0 Å². The van der Waals surface area contributed by atoms with Crippen LogP contribution in [0, 0.1) is 12.7 Å². The number of aryl methyl sites for hydroxylation is 2. The molecule has 0 bridgehead atoms. The van der Waals surface area contributed by atoms with Gasteiger partial charge in [-0.2, -0.15) is 0 Å². The Kier molecular flexibility index (Phi) is 4.61. The third kappa shape index (κ3) is 2.89. The third-order valence-corrected chi connectivity index (χ3v) is 5.43. The quantitative estimate of drug-likeness (QED) is 0.852. The number of primary amides is 1. The van der Waals surface area contributed by atoms with Crippen LogP contribution in [0.25, 0.3) is 0 Å². The zero-order valence-electron chi connectivity index (χ0n) is 15.6. The van der Waals surface area contributed by atoms with Gasteiger partial charge in [-0.05, 0) is 68.2 Å². The maximum atomic E-state index is 13.7. The molecule has 1 amide bonds. The molecule has 0 saturated carbocycles. The first-order valence-electron chi connectivity index (χ1n) is 8.86. The van der Waals surface area contributed by atoms with Crippen molar-refractivity contribution in [2.75, 3.05) is 0 Å². The van der Waals surface area contributed by atoms with Crippen LogP contribution in [0.2, 0.25) is 0 Å². The minimum Gasteiger partial charge on any atom is -0.378 e. The summed E-state index contributed by atoms with van der Waals surface area (Å²) in [6, 6.07) is 2.98. The molecule has 2 heterocycles. The molecule has 3 N–H and O–H groups in total. The first-order valence-corrected chi connectivity index (χ1v) is 8.86. The highest BCUT2D eigenvalue weighted by Gasteiger charge is 2.47. The van der Waals surface area contributed by atoms with Crippen LogP contribution in [0.4, 0.5) is 4.39 Å². The number of rotatable bonds is 5. The Bertz CT molecular complexity index is 842. The summed E-state index contributed by atoms with van der Waals surface area (Å²) in [5.74, 6) is 0.0571. The zero-order valence-corrected chi connectivity index (χ0v) is 15.6. The van der Waals surface area contributed by atoms with Crippen molar-refractivity contribution in [1.82, 2.24) is 10.2 Å². The van der Waals surface area contributed by atoms with Gasteiger partial charge in [-0.1, -0.05) is 6.92 Å². The van der Waals surface area contributed by atoms with Crippen molar-refractivity contribution in [2.45, 2.75) is 52.2 Å². The number of allylic oxidation sites excluding steroid dienone is 2. The van der Waals surface area contributed by atoms with Gasteiger partial charge in [0.25, 0.3) is 0 Å².